The summed E-state index contributed by atoms with van der Waals surface area (Å²) >= 11 is 0. The summed E-state index contributed by atoms with van der Waals surface area (Å²) in [6, 6.07) is 8.39. The fraction of sp³-hybridized carbons (Fsp3) is 0.360. The summed E-state index contributed by atoms with van der Waals surface area (Å²) < 4.78 is 2.16. The topological polar surface area (TPSA) is 133 Å². The molecule has 0 fully saturated rings. The van der Waals surface area contributed by atoms with Gasteiger partial charge in [0.2, 0.25) is 0 Å². The van der Waals surface area contributed by atoms with E-state index < -0.39 is 4.92 Å². The molecule has 3 aromatic heterocycles. The third-order valence-corrected chi connectivity index (χ3v) is 6.12. The number of unbranched alkanes of at least 4 members (excludes halogenated alkanes) is 2. The molecule has 2 N–H and O–H groups in total. The van der Waals surface area contributed by atoms with Crippen molar-refractivity contribution in [2.24, 2.45) is 0 Å². The second kappa shape index (κ2) is 10.0. The maximum Gasteiger partial charge on any atom is 0.293 e. The van der Waals surface area contributed by atoms with E-state index in [9.17, 15) is 14.9 Å². The zero-order chi connectivity index (χ0) is 25.1. The molecule has 0 radical (unpaired) electrons. The van der Waals surface area contributed by atoms with E-state index in [0.29, 0.717) is 35.4 Å². The summed E-state index contributed by atoms with van der Waals surface area (Å²) in [6.07, 6.45) is 5.20. The molecule has 0 aliphatic carbocycles. The minimum atomic E-state index is -0.451. The van der Waals surface area contributed by atoms with Crippen LogP contribution in [-0.4, -0.2) is 44.3 Å². The van der Waals surface area contributed by atoms with Gasteiger partial charge in [0.15, 0.2) is 11.6 Å². The van der Waals surface area contributed by atoms with Crippen molar-refractivity contribution < 1.29 is 9.72 Å². The molecule has 4 rings (SSSR count). The number of carbonyl (C=O) groups is 1. The van der Waals surface area contributed by atoms with E-state index in [4.69, 9.17) is 10.7 Å². The number of hydrogen-bond acceptors (Lipinski definition) is 8. The maximum absolute atomic E-state index is 12.7. The van der Waals surface area contributed by atoms with Crippen LogP contribution in [0.1, 0.15) is 48.8 Å². The molecule has 0 spiro atoms. The zero-order valence-electron chi connectivity index (χ0n) is 20.2. The van der Waals surface area contributed by atoms with E-state index >= 15 is 0 Å². The average Bonchev–Trinajstić information content (AvgIpc) is 3.22. The van der Waals surface area contributed by atoms with Crippen molar-refractivity contribution in [1.82, 2.24) is 19.5 Å². The molecule has 182 valence electrons. The van der Waals surface area contributed by atoms with Crippen LogP contribution in [0.25, 0.3) is 22.1 Å². The molecule has 35 heavy (non-hydrogen) atoms. The van der Waals surface area contributed by atoms with Gasteiger partial charge in [0, 0.05) is 51.3 Å². The number of nitrogen functional groups attached to an aromatic ring is 1. The lowest BCUT2D eigenvalue weighted by molar-refractivity contribution is -0.384. The number of benzene rings is 1. The first kappa shape index (κ1) is 24.1. The van der Waals surface area contributed by atoms with E-state index in [2.05, 4.69) is 21.5 Å². The number of nitrogens with zero attached hydrogens (tertiary/aromatic N) is 6. The Morgan fingerprint density at radius 1 is 1.14 bits per heavy atom. The quantitative estimate of drug-likeness (QED) is 0.153. The van der Waals surface area contributed by atoms with Crippen molar-refractivity contribution in [2.75, 3.05) is 24.7 Å². The van der Waals surface area contributed by atoms with Crippen LogP contribution in [0, 0.1) is 10.1 Å². The van der Waals surface area contributed by atoms with Crippen LogP contribution < -0.4 is 10.6 Å². The van der Waals surface area contributed by atoms with Gasteiger partial charge in [-0.2, -0.15) is 0 Å². The van der Waals surface area contributed by atoms with Crippen LogP contribution in [0.15, 0.2) is 36.5 Å². The van der Waals surface area contributed by atoms with Gasteiger partial charge in [-0.1, -0.05) is 13.3 Å². The Balaban J connectivity index is 1.43. The summed E-state index contributed by atoms with van der Waals surface area (Å²) in [5.74, 6) is 1.24. The molecular formula is C25H29N7O3. The second-order valence-electron chi connectivity index (χ2n) is 8.69. The van der Waals surface area contributed by atoms with Crippen LogP contribution in [0.2, 0.25) is 0 Å². The monoisotopic (exact) mass is 475 g/mol. The first-order chi connectivity index (χ1) is 16.8. The van der Waals surface area contributed by atoms with Gasteiger partial charge in [-0.25, -0.2) is 9.97 Å². The van der Waals surface area contributed by atoms with Crippen LogP contribution in [-0.2, 0) is 13.0 Å². The molecule has 0 amide bonds. The number of anilines is 2. The molecular weight excluding hydrogens is 446 g/mol. The summed E-state index contributed by atoms with van der Waals surface area (Å²) in [6.45, 7) is 2.78. The van der Waals surface area contributed by atoms with Crippen LogP contribution >= 0.6 is 0 Å². The fourth-order valence-electron chi connectivity index (χ4n) is 4.38. The largest absolute Gasteiger partial charge is 0.382 e. The SMILES string of the molecule is CCc1nc2c(N)nc3cccnc3c2n1CCCCCC(=O)c1ccc(N(C)C)c([N+](=O)[O-])c1. The highest BCUT2D eigenvalue weighted by atomic mass is 16.6. The number of aryl methyl sites for hydroxylation is 2. The number of ketones is 1. The molecule has 0 aliphatic rings. The molecule has 1 aromatic carbocycles. The summed E-state index contributed by atoms with van der Waals surface area (Å²) in [4.78, 5) is 39.0. The molecule has 3 heterocycles. The molecule has 0 unspecified atom stereocenters. The van der Waals surface area contributed by atoms with Crippen molar-refractivity contribution in [3.63, 3.8) is 0 Å². The van der Waals surface area contributed by atoms with Crippen molar-refractivity contribution in [1.29, 1.82) is 0 Å². The van der Waals surface area contributed by atoms with Crippen molar-refractivity contribution >= 4 is 45.0 Å². The van der Waals surface area contributed by atoms with Crippen LogP contribution in [0.3, 0.4) is 0 Å². The second-order valence-corrected chi connectivity index (χ2v) is 8.69. The van der Waals surface area contributed by atoms with E-state index in [0.717, 1.165) is 48.2 Å². The first-order valence-corrected chi connectivity index (χ1v) is 11.7. The lowest BCUT2D eigenvalue weighted by Crippen LogP contribution is -2.12. The number of pyridine rings is 2. The average molecular weight is 476 g/mol. The third kappa shape index (κ3) is 4.77. The van der Waals surface area contributed by atoms with E-state index in [1.54, 1.807) is 37.3 Å². The Labute approximate surface area is 202 Å². The lowest BCUT2D eigenvalue weighted by Gasteiger charge is -2.13. The number of carbonyl (C=O) groups excluding carboxylic acids is 1. The highest BCUT2D eigenvalue weighted by molar-refractivity contribution is 6.04. The Bertz CT molecular complexity index is 1410. The van der Waals surface area contributed by atoms with E-state index in [-0.39, 0.29) is 11.5 Å². The van der Waals surface area contributed by atoms with Gasteiger partial charge < -0.3 is 15.2 Å². The van der Waals surface area contributed by atoms with E-state index in [1.807, 2.05) is 12.1 Å². The highest BCUT2D eigenvalue weighted by Crippen LogP contribution is 2.29. The minimum Gasteiger partial charge on any atom is -0.382 e. The Hall–Kier alpha value is -4.08. The molecule has 0 saturated carbocycles. The predicted molar refractivity (Wildman–Crippen MR) is 137 cm³/mol. The number of aromatic nitrogens is 4. The van der Waals surface area contributed by atoms with Crippen LogP contribution in [0.5, 0.6) is 0 Å². The van der Waals surface area contributed by atoms with Crippen molar-refractivity contribution in [3.05, 3.63) is 58.0 Å². The Kier molecular flexibility index (Phi) is 6.90. The van der Waals surface area contributed by atoms with Gasteiger partial charge in [0.05, 0.1) is 10.4 Å². The van der Waals surface area contributed by atoms with Crippen molar-refractivity contribution in [2.45, 2.75) is 45.6 Å². The molecule has 0 bridgehead atoms. The number of fused-ring (bicyclic) bond motifs is 3. The van der Waals surface area contributed by atoms with Crippen LogP contribution in [0.4, 0.5) is 17.2 Å². The maximum atomic E-state index is 12.7. The van der Waals surface area contributed by atoms with Gasteiger partial charge in [-0.05, 0) is 37.1 Å². The Morgan fingerprint density at radius 2 is 1.94 bits per heavy atom. The normalized spacial score (nSPS) is 11.3. The summed E-state index contributed by atoms with van der Waals surface area (Å²) in [5.41, 5.74) is 10.1. The standard InChI is InChI=1S/C25H29N7O3/c1-4-21-29-23-24(22-17(28-25(23)26)9-8-13-27-22)31(21)14-7-5-6-10-20(33)16-11-12-18(30(2)3)19(15-16)32(34)35/h8-9,11-13,15H,4-7,10,14H2,1-3H3,(H2,26,28). The number of Topliss-reactive ketones (excluding diaryl/α,β-unsaturated/α-hetero) is 1. The summed E-state index contributed by atoms with van der Waals surface area (Å²) in [7, 11) is 3.47. The van der Waals surface area contributed by atoms with Gasteiger partial charge in [0.25, 0.3) is 5.69 Å². The number of nitrogens with two attached hydrogens (primary N) is 1. The number of hydrogen-bond donors (Lipinski definition) is 1. The molecule has 10 nitrogen and oxygen atoms in total. The fourth-order valence-corrected chi connectivity index (χ4v) is 4.38. The molecule has 0 saturated heterocycles. The van der Waals surface area contributed by atoms with Gasteiger partial charge in [-0.15, -0.1) is 0 Å². The number of nitro groups is 1. The van der Waals surface area contributed by atoms with Gasteiger partial charge in [0.1, 0.15) is 28.1 Å². The minimum absolute atomic E-state index is 0.0606. The zero-order valence-corrected chi connectivity index (χ0v) is 20.2. The lowest BCUT2D eigenvalue weighted by atomic mass is 10.0. The Morgan fingerprint density at radius 3 is 2.66 bits per heavy atom. The molecule has 4 aromatic rings. The third-order valence-electron chi connectivity index (χ3n) is 6.12. The number of imidazole rings is 1. The number of nitro benzene ring substituents is 1. The molecule has 10 heteroatoms. The smallest absolute Gasteiger partial charge is 0.293 e. The van der Waals surface area contributed by atoms with Gasteiger partial charge in [-0.3, -0.25) is 19.9 Å². The van der Waals surface area contributed by atoms with Gasteiger partial charge >= 0.3 is 0 Å². The highest BCUT2D eigenvalue weighted by Gasteiger charge is 2.19. The first-order valence-electron chi connectivity index (χ1n) is 11.7. The summed E-state index contributed by atoms with van der Waals surface area (Å²) in [5, 5.41) is 11.4. The molecule has 0 aliphatic heterocycles. The van der Waals surface area contributed by atoms with E-state index in [1.165, 1.54) is 6.07 Å². The number of rotatable bonds is 10. The molecule has 0 atom stereocenters. The van der Waals surface area contributed by atoms with Crippen molar-refractivity contribution in [3.8, 4) is 0 Å². The predicted octanol–water partition coefficient (Wildman–Crippen LogP) is 4.54.